The zero-order valence-corrected chi connectivity index (χ0v) is 9.64. The average Bonchev–Trinajstić information content (AvgIpc) is 2.64. The van der Waals surface area contributed by atoms with Crippen LogP contribution in [0.5, 0.6) is 5.75 Å². The number of carboxylic acid groups (broad SMARTS) is 1. The second-order valence-corrected chi connectivity index (χ2v) is 3.93. The summed E-state index contributed by atoms with van der Waals surface area (Å²) < 4.78 is 1.34. The van der Waals surface area contributed by atoms with Crippen LogP contribution in [0.4, 0.5) is 0 Å². The fraction of sp³-hybridized carbons (Fsp3) is 0.0909. The summed E-state index contributed by atoms with van der Waals surface area (Å²) in [5, 5.41) is 23.0. The average molecular weight is 253 g/mol. The number of phenolic OH excluding ortho intramolecular Hbond substituents is 1. The smallest absolute Gasteiger partial charge is 0.339 e. The van der Waals surface area contributed by atoms with E-state index in [1.54, 1.807) is 6.92 Å². The lowest BCUT2D eigenvalue weighted by atomic mass is 10.2. The molecule has 1 aromatic carbocycles. The lowest BCUT2D eigenvalue weighted by Gasteiger charge is -2.07. The molecular formula is C11H9ClN2O3. The Morgan fingerprint density at radius 1 is 1.47 bits per heavy atom. The summed E-state index contributed by atoms with van der Waals surface area (Å²) >= 11 is 5.82. The van der Waals surface area contributed by atoms with Crippen molar-refractivity contribution in [1.29, 1.82) is 0 Å². The molecular weight excluding hydrogens is 244 g/mol. The minimum absolute atomic E-state index is 0.0162. The van der Waals surface area contributed by atoms with E-state index in [2.05, 4.69) is 5.10 Å². The molecule has 0 aliphatic rings. The Bertz CT molecular complexity index is 592. The first-order valence-corrected chi connectivity index (χ1v) is 5.15. The van der Waals surface area contributed by atoms with E-state index < -0.39 is 5.97 Å². The van der Waals surface area contributed by atoms with Gasteiger partial charge in [-0.1, -0.05) is 11.6 Å². The molecule has 1 heterocycles. The highest BCUT2D eigenvalue weighted by Crippen LogP contribution is 2.26. The van der Waals surface area contributed by atoms with Crippen LogP contribution in [0.1, 0.15) is 16.1 Å². The van der Waals surface area contributed by atoms with E-state index in [0.717, 1.165) is 0 Å². The van der Waals surface area contributed by atoms with Crippen molar-refractivity contribution in [3.8, 4) is 11.4 Å². The number of aromatic nitrogens is 2. The number of aromatic carboxylic acids is 1. The number of hydrogen-bond donors (Lipinski definition) is 2. The minimum Gasteiger partial charge on any atom is -0.506 e. The summed E-state index contributed by atoms with van der Waals surface area (Å²) in [6.45, 7) is 1.61. The number of carbonyl (C=O) groups is 1. The van der Waals surface area contributed by atoms with E-state index in [4.69, 9.17) is 16.7 Å². The molecule has 0 bridgehead atoms. The molecule has 0 fully saturated rings. The van der Waals surface area contributed by atoms with E-state index in [0.29, 0.717) is 16.4 Å². The molecule has 1 aromatic heterocycles. The molecule has 0 aliphatic carbocycles. The van der Waals surface area contributed by atoms with Crippen LogP contribution < -0.4 is 0 Å². The lowest BCUT2D eigenvalue weighted by Crippen LogP contribution is -2.02. The van der Waals surface area contributed by atoms with Gasteiger partial charge in [-0.25, -0.2) is 9.48 Å². The van der Waals surface area contributed by atoms with Gasteiger partial charge in [0.1, 0.15) is 17.0 Å². The highest BCUT2D eigenvalue weighted by atomic mass is 35.5. The topological polar surface area (TPSA) is 75.3 Å². The summed E-state index contributed by atoms with van der Waals surface area (Å²) in [5.74, 6) is -1.08. The van der Waals surface area contributed by atoms with Gasteiger partial charge < -0.3 is 10.2 Å². The Balaban J connectivity index is 2.61. The number of phenols is 1. The van der Waals surface area contributed by atoms with Crippen LogP contribution in [0.3, 0.4) is 0 Å². The van der Waals surface area contributed by atoms with Gasteiger partial charge in [-0.3, -0.25) is 0 Å². The maximum absolute atomic E-state index is 10.9. The van der Waals surface area contributed by atoms with Crippen LogP contribution in [0.25, 0.3) is 5.69 Å². The van der Waals surface area contributed by atoms with E-state index in [1.807, 2.05) is 0 Å². The number of carboxylic acids is 1. The number of aromatic hydroxyl groups is 1. The SMILES string of the molecule is Cc1c(C(=O)O)cnn1-c1cc(Cl)ccc1O. The van der Waals surface area contributed by atoms with Gasteiger partial charge in [-0.15, -0.1) is 0 Å². The van der Waals surface area contributed by atoms with Gasteiger partial charge in [-0.05, 0) is 25.1 Å². The molecule has 6 heteroatoms. The van der Waals surface area contributed by atoms with Crippen LogP contribution in [0.2, 0.25) is 5.02 Å². The molecule has 0 saturated carbocycles. The van der Waals surface area contributed by atoms with E-state index in [-0.39, 0.29) is 11.3 Å². The standard InChI is InChI=1S/C11H9ClN2O3/c1-6-8(11(16)17)5-13-14(6)9-4-7(12)2-3-10(9)15/h2-5,15H,1H3,(H,16,17). The monoisotopic (exact) mass is 252 g/mol. The highest BCUT2D eigenvalue weighted by Gasteiger charge is 2.15. The summed E-state index contributed by atoms with van der Waals surface area (Å²) in [6, 6.07) is 4.49. The van der Waals surface area contributed by atoms with Crippen LogP contribution in [0.15, 0.2) is 24.4 Å². The number of halogens is 1. The number of benzene rings is 1. The van der Waals surface area contributed by atoms with Crippen LogP contribution >= 0.6 is 11.6 Å². The Labute approximate surface area is 102 Å². The molecule has 5 nitrogen and oxygen atoms in total. The number of hydrogen-bond acceptors (Lipinski definition) is 3. The predicted octanol–water partition coefficient (Wildman–Crippen LogP) is 2.24. The van der Waals surface area contributed by atoms with Gasteiger partial charge >= 0.3 is 5.97 Å². The fourth-order valence-electron chi connectivity index (χ4n) is 1.53. The Hall–Kier alpha value is -2.01. The molecule has 0 unspecified atom stereocenters. The zero-order valence-electron chi connectivity index (χ0n) is 8.88. The molecule has 88 valence electrons. The molecule has 0 aliphatic heterocycles. The molecule has 0 radical (unpaired) electrons. The van der Waals surface area contributed by atoms with Gasteiger partial charge in [-0.2, -0.15) is 5.10 Å². The molecule has 0 saturated heterocycles. The molecule has 0 amide bonds. The van der Waals surface area contributed by atoms with Crippen molar-refractivity contribution in [3.05, 3.63) is 40.7 Å². The van der Waals surface area contributed by atoms with Crippen molar-refractivity contribution in [1.82, 2.24) is 9.78 Å². The first-order valence-electron chi connectivity index (χ1n) is 4.77. The fourth-order valence-corrected chi connectivity index (χ4v) is 1.70. The third kappa shape index (κ3) is 1.97. The first-order chi connectivity index (χ1) is 8.00. The normalized spacial score (nSPS) is 10.5. The van der Waals surface area contributed by atoms with Crippen molar-refractivity contribution >= 4 is 17.6 Å². The van der Waals surface area contributed by atoms with Gasteiger partial charge in [0.05, 0.1) is 11.9 Å². The maximum atomic E-state index is 10.9. The predicted molar refractivity (Wildman–Crippen MR) is 61.9 cm³/mol. The van der Waals surface area contributed by atoms with E-state index in [1.165, 1.54) is 29.1 Å². The highest BCUT2D eigenvalue weighted by molar-refractivity contribution is 6.30. The molecule has 2 N–H and O–H groups in total. The first kappa shape index (κ1) is 11.5. The zero-order chi connectivity index (χ0) is 12.6. The third-order valence-electron chi connectivity index (χ3n) is 2.41. The molecule has 17 heavy (non-hydrogen) atoms. The maximum Gasteiger partial charge on any atom is 0.339 e. The Morgan fingerprint density at radius 2 is 2.18 bits per heavy atom. The summed E-state index contributed by atoms with van der Waals surface area (Å²) in [7, 11) is 0. The quantitative estimate of drug-likeness (QED) is 0.859. The van der Waals surface area contributed by atoms with Crippen LogP contribution in [0, 0.1) is 6.92 Å². The Kier molecular flexibility index (Phi) is 2.77. The van der Waals surface area contributed by atoms with Crippen molar-refractivity contribution < 1.29 is 15.0 Å². The van der Waals surface area contributed by atoms with Crippen LogP contribution in [-0.4, -0.2) is 26.0 Å². The summed E-state index contributed by atoms with van der Waals surface area (Å²) in [6.07, 6.45) is 1.23. The molecule has 2 aromatic rings. The minimum atomic E-state index is -1.06. The lowest BCUT2D eigenvalue weighted by molar-refractivity contribution is 0.0696. The van der Waals surface area contributed by atoms with Crippen molar-refractivity contribution in [2.24, 2.45) is 0 Å². The molecule has 2 rings (SSSR count). The molecule has 0 atom stereocenters. The van der Waals surface area contributed by atoms with Crippen molar-refractivity contribution in [2.75, 3.05) is 0 Å². The number of rotatable bonds is 2. The summed E-state index contributed by atoms with van der Waals surface area (Å²) in [5.41, 5.74) is 0.863. The van der Waals surface area contributed by atoms with Crippen molar-refractivity contribution in [2.45, 2.75) is 6.92 Å². The number of nitrogens with zero attached hydrogens (tertiary/aromatic N) is 2. The van der Waals surface area contributed by atoms with Gasteiger partial charge in [0, 0.05) is 5.02 Å². The summed E-state index contributed by atoms with van der Waals surface area (Å²) in [4.78, 5) is 10.9. The molecule has 0 spiro atoms. The van der Waals surface area contributed by atoms with Gasteiger partial charge in [0.25, 0.3) is 0 Å². The second-order valence-electron chi connectivity index (χ2n) is 3.49. The third-order valence-corrected chi connectivity index (χ3v) is 2.64. The Morgan fingerprint density at radius 3 is 2.76 bits per heavy atom. The van der Waals surface area contributed by atoms with Crippen LogP contribution in [-0.2, 0) is 0 Å². The van der Waals surface area contributed by atoms with Gasteiger partial charge in [0.15, 0.2) is 0 Å². The van der Waals surface area contributed by atoms with Crippen molar-refractivity contribution in [3.63, 3.8) is 0 Å². The van der Waals surface area contributed by atoms with E-state index >= 15 is 0 Å². The van der Waals surface area contributed by atoms with Gasteiger partial charge in [0.2, 0.25) is 0 Å². The van der Waals surface area contributed by atoms with E-state index in [9.17, 15) is 9.90 Å². The second kappa shape index (κ2) is 4.10. The largest absolute Gasteiger partial charge is 0.506 e.